The highest BCUT2D eigenvalue weighted by molar-refractivity contribution is 6.01. The lowest BCUT2D eigenvalue weighted by Gasteiger charge is -2.13. The van der Waals surface area contributed by atoms with E-state index >= 15 is 0 Å². The zero-order valence-electron chi connectivity index (χ0n) is 17.8. The largest absolute Gasteiger partial charge is 0.452 e. The van der Waals surface area contributed by atoms with Gasteiger partial charge in [0.25, 0.3) is 11.8 Å². The van der Waals surface area contributed by atoms with Crippen LogP contribution < -0.4 is 10.6 Å². The first-order valence-electron chi connectivity index (χ1n) is 10.2. The third-order valence-electron chi connectivity index (χ3n) is 4.85. The molecule has 0 aliphatic heterocycles. The average molecular weight is 419 g/mol. The monoisotopic (exact) mass is 419 g/mol. The van der Waals surface area contributed by atoms with Crippen molar-refractivity contribution in [3.8, 4) is 0 Å². The molecule has 0 aliphatic rings. The molecule has 31 heavy (non-hydrogen) atoms. The van der Waals surface area contributed by atoms with Gasteiger partial charge in [-0.3, -0.25) is 14.6 Å². The van der Waals surface area contributed by atoms with Gasteiger partial charge in [0, 0.05) is 23.2 Å². The molecule has 1 heterocycles. The number of esters is 1. The fraction of sp³-hybridized carbons (Fsp3) is 0.250. The number of rotatable bonds is 7. The van der Waals surface area contributed by atoms with Crippen molar-refractivity contribution in [2.45, 2.75) is 27.2 Å². The van der Waals surface area contributed by atoms with Crippen LogP contribution in [0, 0.1) is 6.92 Å². The van der Waals surface area contributed by atoms with E-state index in [9.17, 15) is 14.4 Å². The van der Waals surface area contributed by atoms with E-state index in [0.717, 1.165) is 16.5 Å². The minimum absolute atomic E-state index is 0.226. The molecule has 1 aromatic heterocycles. The molecule has 0 atom stereocenters. The number of hydrogen-bond acceptors (Lipinski definition) is 5. The predicted octanol–water partition coefficient (Wildman–Crippen LogP) is 3.65. The third-order valence-corrected chi connectivity index (χ3v) is 4.85. The Kier molecular flexibility index (Phi) is 6.97. The van der Waals surface area contributed by atoms with Crippen molar-refractivity contribution in [1.29, 1.82) is 0 Å². The molecular weight excluding hydrogens is 394 g/mol. The van der Waals surface area contributed by atoms with Gasteiger partial charge in [-0.05, 0) is 50.1 Å². The maximum atomic E-state index is 12.8. The number of carbonyl (C=O) groups excluding carboxylic acids is 3. The van der Waals surface area contributed by atoms with E-state index in [1.165, 1.54) is 0 Å². The molecule has 0 fully saturated rings. The number of carbonyl (C=O) groups is 3. The van der Waals surface area contributed by atoms with E-state index in [1.807, 2.05) is 45.0 Å². The number of aryl methyl sites for hydroxylation is 2. The lowest BCUT2D eigenvalue weighted by atomic mass is 10.0. The SMILES string of the molecule is CCNC(=O)c1cccc(NC(=O)COC(=O)c2c(CC)nc3ccccc3c2C)c1. The standard InChI is InChI=1S/C24H25N3O4/c1-4-19-22(15(3)18-11-6-7-12-20(18)27-19)24(30)31-14-21(28)26-17-10-8-9-16(13-17)23(29)25-5-2/h6-13H,4-5,14H2,1-3H3,(H,25,29)(H,26,28). The molecule has 3 rings (SSSR count). The molecule has 0 bridgehead atoms. The molecule has 160 valence electrons. The van der Waals surface area contributed by atoms with Gasteiger partial charge in [0.2, 0.25) is 0 Å². The second-order valence-electron chi connectivity index (χ2n) is 6.99. The van der Waals surface area contributed by atoms with Crippen molar-refractivity contribution in [2.24, 2.45) is 0 Å². The number of para-hydroxylation sites is 1. The number of nitrogens with one attached hydrogen (secondary N) is 2. The van der Waals surface area contributed by atoms with Crippen LogP contribution in [0.2, 0.25) is 0 Å². The topological polar surface area (TPSA) is 97.4 Å². The Morgan fingerprint density at radius 2 is 1.81 bits per heavy atom. The molecular formula is C24H25N3O4. The van der Waals surface area contributed by atoms with E-state index in [4.69, 9.17) is 4.74 Å². The van der Waals surface area contributed by atoms with Crippen LogP contribution in [0.4, 0.5) is 5.69 Å². The molecule has 7 heteroatoms. The number of ether oxygens (including phenoxy) is 1. The number of amides is 2. The van der Waals surface area contributed by atoms with Crippen LogP contribution in [0.5, 0.6) is 0 Å². The first kappa shape index (κ1) is 22.0. The smallest absolute Gasteiger partial charge is 0.340 e. The molecule has 0 radical (unpaired) electrons. The second-order valence-corrected chi connectivity index (χ2v) is 6.99. The van der Waals surface area contributed by atoms with Crippen molar-refractivity contribution >= 4 is 34.4 Å². The summed E-state index contributed by atoms with van der Waals surface area (Å²) in [6, 6.07) is 14.2. The van der Waals surface area contributed by atoms with Gasteiger partial charge in [0.1, 0.15) is 0 Å². The Labute approximate surface area is 180 Å². The van der Waals surface area contributed by atoms with Gasteiger partial charge in [-0.2, -0.15) is 0 Å². The molecule has 0 spiro atoms. The molecule has 0 aliphatic carbocycles. The van der Waals surface area contributed by atoms with Crippen molar-refractivity contribution in [3.63, 3.8) is 0 Å². The normalized spacial score (nSPS) is 10.5. The average Bonchev–Trinajstić information content (AvgIpc) is 2.77. The summed E-state index contributed by atoms with van der Waals surface area (Å²) in [7, 11) is 0. The van der Waals surface area contributed by atoms with E-state index < -0.39 is 18.5 Å². The molecule has 7 nitrogen and oxygen atoms in total. The highest BCUT2D eigenvalue weighted by Crippen LogP contribution is 2.24. The Morgan fingerprint density at radius 3 is 2.55 bits per heavy atom. The lowest BCUT2D eigenvalue weighted by molar-refractivity contribution is -0.119. The van der Waals surface area contributed by atoms with Gasteiger partial charge in [0.15, 0.2) is 6.61 Å². The van der Waals surface area contributed by atoms with Crippen LogP contribution in [0.25, 0.3) is 10.9 Å². The maximum absolute atomic E-state index is 12.8. The predicted molar refractivity (Wildman–Crippen MR) is 119 cm³/mol. The molecule has 2 N–H and O–H groups in total. The first-order valence-corrected chi connectivity index (χ1v) is 10.2. The van der Waals surface area contributed by atoms with Gasteiger partial charge >= 0.3 is 5.97 Å². The number of pyridine rings is 1. The minimum Gasteiger partial charge on any atom is -0.452 e. The number of hydrogen-bond donors (Lipinski definition) is 2. The van der Waals surface area contributed by atoms with Gasteiger partial charge in [-0.15, -0.1) is 0 Å². The van der Waals surface area contributed by atoms with Crippen molar-refractivity contribution in [1.82, 2.24) is 10.3 Å². The van der Waals surface area contributed by atoms with Crippen LogP contribution in [-0.2, 0) is 16.0 Å². The Morgan fingerprint density at radius 1 is 1.03 bits per heavy atom. The van der Waals surface area contributed by atoms with E-state index in [2.05, 4.69) is 15.6 Å². The van der Waals surface area contributed by atoms with Gasteiger partial charge in [0.05, 0.1) is 16.8 Å². The summed E-state index contributed by atoms with van der Waals surface area (Å²) in [5.74, 6) is -1.30. The summed E-state index contributed by atoms with van der Waals surface area (Å²) in [6.45, 7) is 5.66. The van der Waals surface area contributed by atoms with Crippen molar-refractivity contribution in [2.75, 3.05) is 18.5 Å². The highest BCUT2D eigenvalue weighted by atomic mass is 16.5. The van der Waals surface area contributed by atoms with Crippen LogP contribution in [0.3, 0.4) is 0 Å². The van der Waals surface area contributed by atoms with E-state index in [0.29, 0.717) is 35.5 Å². The van der Waals surface area contributed by atoms with Gasteiger partial charge in [-0.25, -0.2) is 4.79 Å². The first-order chi connectivity index (χ1) is 14.9. The minimum atomic E-state index is -0.584. The summed E-state index contributed by atoms with van der Waals surface area (Å²) in [6.07, 6.45) is 0.564. The second kappa shape index (κ2) is 9.84. The Bertz CT molecular complexity index is 1140. The zero-order chi connectivity index (χ0) is 22.4. The number of aromatic nitrogens is 1. The molecule has 0 saturated heterocycles. The number of nitrogens with zero attached hydrogens (tertiary/aromatic N) is 1. The van der Waals surface area contributed by atoms with E-state index in [1.54, 1.807) is 24.3 Å². The summed E-state index contributed by atoms with van der Waals surface area (Å²) >= 11 is 0. The summed E-state index contributed by atoms with van der Waals surface area (Å²) in [5.41, 5.74) is 3.51. The third kappa shape index (κ3) is 5.06. The van der Waals surface area contributed by atoms with Crippen LogP contribution >= 0.6 is 0 Å². The lowest BCUT2D eigenvalue weighted by Crippen LogP contribution is -2.24. The van der Waals surface area contributed by atoms with Gasteiger partial charge < -0.3 is 15.4 Å². The Hall–Kier alpha value is -3.74. The highest BCUT2D eigenvalue weighted by Gasteiger charge is 2.20. The van der Waals surface area contributed by atoms with Gasteiger partial charge in [-0.1, -0.05) is 31.2 Å². The number of anilines is 1. The molecule has 3 aromatic rings. The summed E-state index contributed by atoms with van der Waals surface area (Å²) < 4.78 is 5.28. The Balaban J connectivity index is 1.70. The zero-order valence-corrected chi connectivity index (χ0v) is 17.8. The molecule has 2 aromatic carbocycles. The fourth-order valence-electron chi connectivity index (χ4n) is 3.37. The molecule has 0 saturated carbocycles. The quantitative estimate of drug-likeness (QED) is 0.570. The van der Waals surface area contributed by atoms with Crippen LogP contribution in [0.1, 0.15) is 45.8 Å². The number of benzene rings is 2. The summed E-state index contributed by atoms with van der Waals surface area (Å²) in [4.78, 5) is 41.6. The van der Waals surface area contributed by atoms with Crippen LogP contribution in [0.15, 0.2) is 48.5 Å². The van der Waals surface area contributed by atoms with E-state index in [-0.39, 0.29) is 5.91 Å². The fourth-order valence-corrected chi connectivity index (χ4v) is 3.37. The van der Waals surface area contributed by atoms with Crippen molar-refractivity contribution < 1.29 is 19.1 Å². The maximum Gasteiger partial charge on any atom is 0.340 e. The molecule has 0 unspecified atom stereocenters. The van der Waals surface area contributed by atoms with Crippen molar-refractivity contribution in [3.05, 3.63) is 70.9 Å². The summed E-state index contributed by atoms with van der Waals surface area (Å²) in [5, 5.41) is 6.22. The molecule has 2 amide bonds. The number of fused-ring (bicyclic) bond motifs is 1. The van der Waals surface area contributed by atoms with Crippen LogP contribution in [-0.4, -0.2) is 35.9 Å².